The van der Waals surface area contributed by atoms with E-state index in [-0.39, 0.29) is 12.5 Å². The van der Waals surface area contributed by atoms with Crippen LogP contribution in [-0.4, -0.2) is 37.3 Å². The topological polar surface area (TPSA) is 53.3 Å². The molecule has 0 aromatic heterocycles. The van der Waals surface area contributed by atoms with Gasteiger partial charge in [0.2, 0.25) is 0 Å². The number of nitriles is 1. The number of nitrogens with zero attached hydrogens (tertiary/aromatic N) is 2. The van der Waals surface area contributed by atoms with Crippen molar-refractivity contribution in [2.75, 3.05) is 26.5 Å². The van der Waals surface area contributed by atoms with E-state index in [9.17, 15) is 4.79 Å². The second-order valence-corrected chi connectivity index (χ2v) is 4.51. The minimum Gasteiger partial charge on any atom is -0.483 e. The summed E-state index contributed by atoms with van der Waals surface area (Å²) in [5, 5.41) is 8.45. The number of amides is 1. The number of ether oxygens (including phenoxy) is 1. The molecule has 0 aliphatic rings. The lowest BCUT2D eigenvalue weighted by molar-refractivity contribution is -0.132. The molecule has 1 aromatic rings. The van der Waals surface area contributed by atoms with E-state index in [1.807, 2.05) is 36.6 Å². The molecule has 1 rings (SSSR count). The molecule has 0 N–H and O–H groups in total. The zero-order valence-electron chi connectivity index (χ0n) is 10.5. The zero-order valence-corrected chi connectivity index (χ0v) is 11.4. The van der Waals surface area contributed by atoms with E-state index in [4.69, 9.17) is 10.00 Å². The van der Waals surface area contributed by atoms with E-state index < -0.39 is 0 Å². The molecule has 4 nitrogen and oxygen atoms in total. The first-order chi connectivity index (χ1) is 8.69. The van der Waals surface area contributed by atoms with Gasteiger partial charge in [-0.15, -0.1) is 11.8 Å². The van der Waals surface area contributed by atoms with E-state index in [0.29, 0.717) is 18.7 Å². The zero-order chi connectivity index (χ0) is 13.4. The first kappa shape index (κ1) is 14.4. The van der Waals surface area contributed by atoms with Crippen molar-refractivity contribution in [1.82, 2.24) is 4.90 Å². The van der Waals surface area contributed by atoms with Gasteiger partial charge in [0.15, 0.2) is 6.61 Å². The van der Waals surface area contributed by atoms with Crippen molar-refractivity contribution < 1.29 is 9.53 Å². The minimum absolute atomic E-state index is 0.000494. The third kappa shape index (κ3) is 4.30. The van der Waals surface area contributed by atoms with Gasteiger partial charge in [-0.25, -0.2) is 0 Å². The quantitative estimate of drug-likeness (QED) is 0.739. The Balaban J connectivity index is 2.49. The van der Waals surface area contributed by atoms with Crippen molar-refractivity contribution >= 4 is 17.7 Å². The number of para-hydroxylation sites is 1. The Morgan fingerprint density at radius 2 is 2.22 bits per heavy atom. The third-order valence-electron chi connectivity index (χ3n) is 2.40. The van der Waals surface area contributed by atoms with Gasteiger partial charge < -0.3 is 9.64 Å². The van der Waals surface area contributed by atoms with Crippen LogP contribution in [0.15, 0.2) is 29.2 Å². The second-order valence-electron chi connectivity index (χ2n) is 3.66. The van der Waals surface area contributed by atoms with Gasteiger partial charge in [-0.1, -0.05) is 12.1 Å². The van der Waals surface area contributed by atoms with Gasteiger partial charge in [0.1, 0.15) is 5.75 Å². The lowest BCUT2D eigenvalue weighted by Gasteiger charge is -2.16. The van der Waals surface area contributed by atoms with E-state index in [0.717, 1.165) is 4.90 Å². The summed E-state index contributed by atoms with van der Waals surface area (Å²) in [5.74, 6) is 0.591. The first-order valence-corrected chi connectivity index (χ1v) is 6.78. The molecule has 1 aromatic carbocycles. The maximum absolute atomic E-state index is 11.7. The molecule has 0 spiro atoms. The van der Waals surface area contributed by atoms with Crippen molar-refractivity contribution in [2.24, 2.45) is 0 Å². The SMILES string of the molecule is CSc1ccccc1OCC(=O)N(C)CCC#N. The Bertz CT molecular complexity index is 443. The summed E-state index contributed by atoms with van der Waals surface area (Å²) in [4.78, 5) is 14.2. The fraction of sp³-hybridized carbons (Fsp3) is 0.385. The summed E-state index contributed by atoms with van der Waals surface area (Å²) >= 11 is 1.58. The number of carbonyl (C=O) groups is 1. The van der Waals surface area contributed by atoms with Crippen LogP contribution in [0.4, 0.5) is 0 Å². The van der Waals surface area contributed by atoms with Crippen LogP contribution in [0, 0.1) is 11.3 Å². The summed E-state index contributed by atoms with van der Waals surface area (Å²) < 4.78 is 5.50. The smallest absolute Gasteiger partial charge is 0.260 e. The standard InChI is InChI=1S/C13H16N2O2S/c1-15(9-5-8-14)13(16)10-17-11-6-3-4-7-12(11)18-2/h3-4,6-7H,5,9-10H2,1-2H3. The van der Waals surface area contributed by atoms with Crippen molar-refractivity contribution in [3.8, 4) is 11.8 Å². The fourth-order valence-corrected chi connectivity index (χ4v) is 1.87. The highest BCUT2D eigenvalue weighted by molar-refractivity contribution is 7.98. The molecule has 0 saturated carbocycles. The van der Waals surface area contributed by atoms with Gasteiger partial charge in [-0.2, -0.15) is 5.26 Å². The van der Waals surface area contributed by atoms with Crippen molar-refractivity contribution in [2.45, 2.75) is 11.3 Å². The van der Waals surface area contributed by atoms with E-state index in [1.165, 1.54) is 4.90 Å². The maximum atomic E-state index is 11.7. The average Bonchev–Trinajstić information content (AvgIpc) is 2.42. The molecular formula is C13H16N2O2S. The first-order valence-electron chi connectivity index (χ1n) is 5.55. The predicted octanol–water partition coefficient (Wildman–Crippen LogP) is 2.16. The highest BCUT2D eigenvalue weighted by Gasteiger charge is 2.10. The van der Waals surface area contributed by atoms with Crippen molar-refractivity contribution in [3.05, 3.63) is 24.3 Å². The monoisotopic (exact) mass is 264 g/mol. The summed E-state index contributed by atoms with van der Waals surface area (Å²) in [6.07, 6.45) is 2.30. The van der Waals surface area contributed by atoms with Crippen molar-refractivity contribution in [1.29, 1.82) is 5.26 Å². The van der Waals surface area contributed by atoms with Crippen LogP contribution < -0.4 is 4.74 Å². The molecule has 96 valence electrons. The minimum atomic E-state index is -0.124. The number of likely N-dealkylation sites (N-methyl/N-ethyl adjacent to an activating group) is 1. The Morgan fingerprint density at radius 3 is 2.89 bits per heavy atom. The van der Waals surface area contributed by atoms with E-state index >= 15 is 0 Å². The molecule has 0 unspecified atom stereocenters. The van der Waals surface area contributed by atoms with Crippen LogP contribution in [0.25, 0.3) is 0 Å². The third-order valence-corrected chi connectivity index (χ3v) is 3.18. The van der Waals surface area contributed by atoms with Gasteiger partial charge in [0.25, 0.3) is 5.91 Å². The molecule has 0 bridgehead atoms. The molecule has 0 heterocycles. The lowest BCUT2D eigenvalue weighted by Crippen LogP contribution is -2.32. The van der Waals surface area contributed by atoms with Crippen molar-refractivity contribution in [3.63, 3.8) is 0 Å². The summed E-state index contributed by atoms with van der Waals surface area (Å²) in [6.45, 7) is 0.433. The number of carbonyl (C=O) groups excluding carboxylic acids is 1. The molecule has 0 radical (unpaired) electrons. The van der Waals surface area contributed by atoms with Gasteiger partial charge in [0, 0.05) is 18.5 Å². The average molecular weight is 264 g/mol. The van der Waals surface area contributed by atoms with E-state index in [1.54, 1.807) is 18.8 Å². The van der Waals surface area contributed by atoms with Gasteiger partial charge in [0.05, 0.1) is 12.5 Å². The van der Waals surface area contributed by atoms with Crippen LogP contribution in [0.3, 0.4) is 0 Å². The number of hydrogen-bond acceptors (Lipinski definition) is 4. The highest BCUT2D eigenvalue weighted by atomic mass is 32.2. The number of hydrogen-bond donors (Lipinski definition) is 0. The molecule has 0 aliphatic carbocycles. The normalized spacial score (nSPS) is 9.61. The molecular weight excluding hydrogens is 248 g/mol. The molecule has 0 saturated heterocycles. The number of rotatable bonds is 6. The Morgan fingerprint density at radius 1 is 1.50 bits per heavy atom. The number of thioether (sulfide) groups is 1. The van der Waals surface area contributed by atoms with Gasteiger partial charge >= 0.3 is 0 Å². The Labute approximate surface area is 112 Å². The number of benzene rings is 1. The Kier molecular flexibility index (Phi) is 6.09. The second kappa shape index (κ2) is 7.62. The molecule has 0 fully saturated rings. The summed E-state index contributed by atoms with van der Waals surface area (Å²) in [6, 6.07) is 9.60. The molecule has 1 amide bonds. The summed E-state index contributed by atoms with van der Waals surface area (Å²) in [7, 11) is 1.67. The largest absolute Gasteiger partial charge is 0.483 e. The highest BCUT2D eigenvalue weighted by Crippen LogP contribution is 2.26. The van der Waals surface area contributed by atoms with Crippen LogP contribution in [0.2, 0.25) is 0 Å². The maximum Gasteiger partial charge on any atom is 0.260 e. The molecule has 5 heteroatoms. The lowest BCUT2D eigenvalue weighted by atomic mass is 10.3. The Hall–Kier alpha value is -1.67. The summed E-state index contributed by atoms with van der Waals surface area (Å²) in [5.41, 5.74) is 0. The van der Waals surface area contributed by atoms with Crippen LogP contribution in [-0.2, 0) is 4.79 Å². The molecule has 18 heavy (non-hydrogen) atoms. The van der Waals surface area contributed by atoms with Gasteiger partial charge in [-0.3, -0.25) is 4.79 Å². The van der Waals surface area contributed by atoms with Gasteiger partial charge in [-0.05, 0) is 18.4 Å². The van der Waals surface area contributed by atoms with Crippen LogP contribution in [0.5, 0.6) is 5.75 Å². The van der Waals surface area contributed by atoms with Crippen LogP contribution >= 0.6 is 11.8 Å². The fourth-order valence-electron chi connectivity index (χ4n) is 1.33. The predicted molar refractivity (Wildman–Crippen MR) is 71.6 cm³/mol. The van der Waals surface area contributed by atoms with E-state index in [2.05, 4.69) is 0 Å². The molecule has 0 atom stereocenters. The molecule has 0 aliphatic heterocycles. The van der Waals surface area contributed by atoms with Crippen LogP contribution in [0.1, 0.15) is 6.42 Å².